The van der Waals surface area contributed by atoms with Crippen molar-refractivity contribution in [2.24, 2.45) is 7.05 Å². The molecule has 0 unspecified atom stereocenters. The molecule has 21 heavy (non-hydrogen) atoms. The van der Waals surface area contributed by atoms with Crippen molar-refractivity contribution in [1.82, 2.24) is 9.78 Å². The molecule has 1 aromatic carbocycles. The zero-order chi connectivity index (χ0) is 15.7. The summed E-state index contributed by atoms with van der Waals surface area (Å²) in [7, 11) is 1.74. The van der Waals surface area contributed by atoms with Crippen LogP contribution in [0.15, 0.2) is 18.2 Å². The highest BCUT2D eigenvalue weighted by atomic mass is 35.5. The third-order valence-corrected chi connectivity index (χ3v) is 3.61. The molecule has 5 nitrogen and oxygen atoms in total. The molecule has 0 saturated carbocycles. The number of Topliss-reactive ketones (excluding diaryl/α,β-unsaturated/α-hetero) is 1. The van der Waals surface area contributed by atoms with Crippen molar-refractivity contribution in [3.05, 3.63) is 45.7 Å². The number of ketones is 1. The molecule has 2 aromatic rings. The van der Waals surface area contributed by atoms with Gasteiger partial charge in [-0.2, -0.15) is 5.10 Å². The zero-order valence-corrected chi connectivity index (χ0v) is 13.1. The van der Waals surface area contributed by atoms with Crippen molar-refractivity contribution in [2.45, 2.75) is 20.8 Å². The maximum atomic E-state index is 12.3. The smallest absolute Gasteiger partial charge is 0.296 e. The predicted molar refractivity (Wildman–Crippen MR) is 81.8 cm³/mol. The topological polar surface area (TPSA) is 64.0 Å². The molecule has 0 radical (unpaired) electrons. The Morgan fingerprint density at radius 2 is 1.90 bits per heavy atom. The molecule has 0 fully saturated rings. The van der Waals surface area contributed by atoms with Crippen LogP contribution in [0.4, 0.5) is 5.69 Å². The van der Waals surface area contributed by atoms with Gasteiger partial charge in [0.05, 0.1) is 11.3 Å². The Bertz CT molecular complexity index is 735. The van der Waals surface area contributed by atoms with Gasteiger partial charge in [0, 0.05) is 23.5 Å². The first-order valence-corrected chi connectivity index (χ1v) is 6.81. The van der Waals surface area contributed by atoms with Crippen LogP contribution in [0.5, 0.6) is 0 Å². The lowest BCUT2D eigenvalue weighted by molar-refractivity contribution is -0.112. The molecule has 0 spiro atoms. The molecule has 6 heteroatoms. The third-order valence-electron chi connectivity index (χ3n) is 3.38. The van der Waals surface area contributed by atoms with E-state index in [-0.39, 0.29) is 0 Å². The third kappa shape index (κ3) is 2.97. The monoisotopic (exact) mass is 305 g/mol. The van der Waals surface area contributed by atoms with E-state index in [9.17, 15) is 9.59 Å². The zero-order valence-electron chi connectivity index (χ0n) is 12.3. The molecule has 0 aliphatic heterocycles. The second kappa shape index (κ2) is 5.69. The van der Waals surface area contributed by atoms with Crippen LogP contribution in [0.25, 0.3) is 0 Å². The highest BCUT2D eigenvalue weighted by molar-refractivity contribution is 6.47. The van der Waals surface area contributed by atoms with Gasteiger partial charge in [0.1, 0.15) is 0 Å². The molecule has 1 amide bonds. The number of carbonyl (C=O) groups excluding carboxylic acids is 2. The summed E-state index contributed by atoms with van der Waals surface area (Å²) in [4.78, 5) is 24.4. The molecule has 0 aliphatic carbocycles. The maximum absolute atomic E-state index is 12.3. The number of benzene rings is 1. The van der Waals surface area contributed by atoms with E-state index in [0.29, 0.717) is 27.7 Å². The van der Waals surface area contributed by atoms with Crippen LogP contribution in [-0.4, -0.2) is 21.5 Å². The van der Waals surface area contributed by atoms with Gasteiger partial charge in [-0.3, -0.25) is 14.3 Å². The number of halogens is 1. The van der Waals surface area contributed by atoms with Crippen LogP contribution in [0.3, 0.4) is 0 Å². The van der Waals surface area contributed by atoms with Gasteiger partial charge in [-0.25, -0.2) is 0 Å². The predicted octanol–water partition coefficient (Wildman–Crippen LogP) is 2.82. The Hall–Kier alpha value is -2.14. The Morgan fingerprint density at radius 3 is 2.43 bits per heavy atom. The number of amides is 1. The summed E-state index contributed by atoms with van der Waals surface area (Å²) >= 11 is 5.87. The quantitative estimate of drug-likeness (QED) is 0.700. The van der Waals surface area contributed by atoms with Crippen molar-refractivity contribution in [3.63, 3.8) is 0 Å². The second-order valence-electron chi connectivity index (χ2n) is 4.91. The van der Waals surface area contributed by atoms with Crippen LogP contribution < -0.4 is 5.32 Å². The van der Waals surface area contributed by atoms with Crippen molar-refractivity contribution < 1.29 is 9.59 Å². The van der Waals surface area contributed by atoms with E-state index >= 15 is 0 Å². The van der Waals surface area contributed by atoms with Gasteiger partial charge in [-0.1, -0.05) is 11.6 Å². The maximum Gasteiger partial charge on any atom is 0.296 e. The highest BCUT2D eigenvalue weighted by Crippen LogP contribution is 2.20. The van der Waals surface area contributed by atoms with Crippen molar-refractivity contribution in [1.29, 1.82) is 0 Å². The molecule has 1 N–H and O–H groups in total. The van der Waals surface area contributed by atoms with Gasteiger partial charge in [0.15, 0.2) is 0 Å². The summed E-state index contributed by atoms with van der Waals surface area (Å²) in [5, 5.41) is 7.34. The molecule has 2 rings (SSSR count). The lowest BCUT2D eigenvalue weighted by Gasteiger charge is -2.08. The van der Waals surface area contributed by atoms with E-state index in [2.05, 4.69) is 10.4 Å². The van der Waals surface area contributed by atoms with Gasteiger partial charge in [0.25, 0.3) is 11.7 Å². The first kappa shape index (κ1) is 15.3. The van der Waals surface area contributed by atoms with Crippen LogP contribution in [0.1, 0.15) is 27.3 Å². The first-order chi connectivity index (χ1) is 9.81. The van der Waals surface area contributed by atoms with Crippen molar-refractivity contribution in [3.8, 4) is 0 Å². The lowest BCUT2D eigenvalue weighted by atomic mass is 10.1. The standard InChI is InChI=1S/C15H16ClN3O2/c1-8-7-11(16)5-6-12(8)17-15(21)14(20)13-9(2)18-19(4)10(13)3/h5-7H,1-4H3,(H,17,21). The number of hydrogen-bond acceptors (Lipinski definition) is 3. The van der Waals surface area contributed by atoms with Crippen LogP contribution in [0.2, 0.25) is 5.02 Å². The summed E-state index contributed by atoms with van der Waals surface area (Å²) < 4.78 is 1.59. The molecule has 0 saturated heterocycles. The average Bonchev–Trinajstić information content (AvgIpc) is 2.66. The minimum atomic E-state index is -0.681. The van der Waals surface area contributed by atoms with Crippen molar-refractivity contribution >= 4 is 29.0 Å². The molecular weight excluding hydrogens is 290 g/mol. The van der Waals surface area contributed by atoms with Crippen LogP contribution in [-0.2, 0) is 11.8 Å². The first-order valence-electron chi connectivity index (χ1n) is 6.43. The summed E-state index contributed by atoms with van der Waals surface area (Å²) in [6, 6.07) is 5.06. The number of hydrogen-bond donors (Lipinski definition) is 1. The van der Waals surface area contributed by atoms with Crippen molar-refractivity contribution in [2.75, 3.05) is 5.32 Å². The van der Waals surface area contributed by atoms with E-state index in [1.165, 1.54) is 0 Å². The number of nitrogens with one attached hydrogen (secondary N) is 1. The average molecular weight is 306 g/mol. The molecule has 0 aliphatic rings. The van der Waals surface area contributed by atoms with E-state index in [1.807, 2.05) is 6.92 Å². The number of anilines is 1. The van der Waals surface area contributed by atoms with E-state index in [1.54, 1.807) is 43.8 Å². The fourth-order valence-corrected chi connectivity index (χ4v) is 2.39. The normalized spacial score (nSPS) is 10.5. The van der Waals surface area contributed by atoms with Gasteiger partial charge < -0.3 is 5.32 Å². The van der Waals surface area contributed by atoms with Gasteiger partial charge >= 0.3 is 0 Å². The molecule has 110 valence electrons. The second-order valence-corrected chi connectivity index (χ2v) is 5.35. The fraction of sp³-hybridized carbons (Fsp3) is 0.267. The Balaban J connectivity index is 2.26. The number of aromatic nitrogens is 2. The van der Waals surface area contributed by atoms with Gasteiger partial charge in [-0.05, 0) is 44.5 Å². The summed E-state index contributed by atoms with van der Waals surface area (Å²) in [5.41, 5.74) is 2.92. The van der Waals surface area contributed by atoms with E-state index in [0.717, 1.165) is 5.56 Å². The summed E-state index contributed by atoms with van der Waals surface area (Å²) in [6.07, 6.45) is 0. The Morgan fingerprint density at radius 1 is 1.24 bits per heavy atom. The van der Waals surface area contributed by atoms with E-state index < -0.39 is 11.7 Å². The number of rotatable bonds is 3. The molecule has 0 atom stereocenters. The molecule has 0 bridgehead atoms. The number of nitrogens with zero attached hydrogens (tertiary/aromatic N) is 2. The van der Waals surface area contributed by atoms with Gasteiger partial charge in [-0.15, -0.1) is 0 Å². The minimum absolute atomic E-state index is 0.349. The van der Waals surface area contributed by atoms with E-state index in [4.69, 9.17) is 11.6 Å². The Labute approximate surface area is 127 Å². The highest BCUT2D eigenvalue weighted by Gasteiger charge is 2.24. The number of carbonyl (C=O) groups is 2. The largest absolute Gasteiger partial charge is 0.319 e. The Kier molecular flexibility index (Phi) is 4.14. The summed E-state index contributed by atoms with van der Waals surface area (Å²) in [5.74, 6) is -1.27. The fourth-order valence-electron chi connectivity index (χ4n) is 2.16. The van der Waals surface area contributed by atoms with Crippen LogP contribution in [0, 0.1) is 20.8 Å². The SMILES string of the molecule is Cc1cc(Cl)ccc1NC(=O)C(=O)c1c(C)nn(C)c1C. The summed E-state index contributed by atoms with van der Waals surface area (Å²) in [6.45, 7) is 5.28. The molecule has 1 heterocycles. The minimum Gasteiger partial charge on any atom is -0.319 e. The molecular formula is C15H16ClN3O2. The molecule has 1 aromatic heterocycles. The van der Waals surface area contributed by atoms with Gasteiger partial charge in [0.2, 0.25) is 0 Å². The van der Waals surface area contributed by atoms with Crippen LogP contribution >= 0.6 is 11.6 Å². The lowest BCUT2D eigenvalue weighted by Crippen LogP contribution is -2.24. The number of aryl methyl sites for hydroxylation is 3.